The van der Waals surface area contributed by atoms with E-state index in [2.05, 4.69) is 45.1 Å². The minimum Gasteiger partial charge on any atom is -0.344 e. The van der Waals surface area contributed by atoms with Crippen LogP contribution in [0.15, 0.2) is 17.5 Å². The molecule has 0 bridgehead atoms. The minimum atomic E-state index is -0.440. The van der Waals surface area contributed by atoms with Crippen LogP contribution >= 0.6 is 22.7 Å². The number of rotatable bonds is 4. The minimum absolute atomic E-state index is 0.0483. The normalized spacial score (nSPS) is 18.9. The molecule has 0 radical (unpaired) electrons. The molecule has 1 atom stereocenters. The maximum Gasteiger partial charge on any atom is 0.263 e. The van der Waals surface area contributed by atoms with Crippen molar-refractivity contribution >= 4 is 28.6 Å². The highest BCUT2D eigenvalue weighted by molar-refractivity contribution is 7.14. The number of hydrogen-bond donors (Lipinski definition) is 1. The Kier molecular flexibility index (Phi) is 4.40. The number of nitrogens with one attached hydrogen (secondary N) is 1. The van der Waals surface area contributed by atoms with Crippen LogP contribution in [0.1, 0.15) is 56.1 Å². The van der Waals surface area contributed by atoms with Gasteiger partial charge < -0.3 is 4.90 Å². The van der Waals surface area contributed by atoms with Crippen molar-refractivity contribution in [3.63, 3.8) is 0 Å². The summed E-state index contributed by atoms with van der Waals surface area (Å²) >= 11 is 3.41. The number of aromatic amines is 1. The monoisotopic (exact) mass is 387 g/mol. The molecule has 3 aromatic heterocycles. The van der Waals surface area contributed by atoms with Crippen LogP contribution in [-0.2, 0) is 18.3 Å². The SMILES string of the molecule is CCCC1(c2nn[nH]n2)c2ccsc2CCc2sc(C(=O)N(C)C)cc21. The summed E-state index contributed by atoms with van der Waals surface area (Å²) in [4.78, 5) is 17.6. The fraction of sp³-hybridized carbons (Fsp3) is 0.444. The van der Waals surface area contributed by atoms with E-state index in [0.29, 0.717) is 5.82 Å². The first kappa shape index (κ1) is 17.4. The molecular formula is C18H21N5OS2. The van der Waals surface area contributed by atoms with E-state index in [9.17, 15) is 4.79 Å². The zero-order chi connectivity index (χ0) is 18.3. The first-order valence-corrected chi connectivity index (χ1v) is 10.4. The number of H-pyrrole nitrogens is 1. The summed E-state index contributed by atoms with van der Waals surface area (Å²) in [6, 6.07) is 4.27. The molecule has 0 aromatic carbocycles. The van der Waals surface area contributed by atoms with Gasteiger partial charge in [0.2, 0.25) is 0 Å². The van der Waals surface area contributed by atoms with Gasteiger partial charge in [0.15, 0.2) is 5.82 Å². The number of aryl methyl sites for hydroxylation is 2. The summed E-state index contributed by atoms with van der Waals surface area (Å²) in [7, 11) is 3.59. The standard InChI is InChI=1S/C18H21N5OS2/c1-4-8-18(17-19-21-22-20-17)11-7-9-25-13(11)5-6-14-12(18)10-15(26-14)16(24)23(2)3/h7,9-10H,4-6,8H2,1-3H3,(H,19,20,21,22). The fourth-order valence-electron chi connectivity index (χ4n) is 3.93. The lowest BCUT2D eigenvalue weighted by Gasteiger charge is -2.30. The second-order valence-electron chi connectivity index (χ2n) is 6.80. The topological polar surface area (TPSA) is 74.8 Å². The van der Waals surface area contributed by atoms with Gasteiger partial charge in [0.1, 0.15) is 0 Å². The summed E-state index contributed by atoms with van der Waals surface area (Å²) in [6.45, 7) is 2.18. The van der Waals surface area contributed by atoms with E-state index in [1.807, 2.05) is 0 Å². The third kappa shape index (κ3) is 2.51. The predicted molar refractivity (Wildman–Crippen MR) is 103 cm³/mol. The van der Waals surface area contributed by atoms with Gasteiger partial charge in [0.25, 0.3) is 5.91 Å². The maximum absolute atomic E-state index is 12.6. The van der Waals surface area contributed by atoms with Crippen LogP contribution in [-0.4, -0.2) is 45.5 Å². The molecule has 26 heavy (non-hydrogen) atoms. The Morgan fingerprint density at radius 1 is 1.31 bits per heavy atom. The van der Waals surface area contributed by atoms with Crippen molar-refractivity contribution in [2.75, 3.05) is 14.1 Å². The molecule has 4 rings (SSSR count). The molecule has 1 aliphatic rings. The number of aromatic nitrogens is 4. The average molecular weight is 388 g/mol. The number of carbonyl (C=O) groups excluding carboxylic acids is 1. The molecule has 1 amide bonds. The highest BCUT2D eigenvalue weighted by Crippen LogP contribution is 2.49. The zero-order valence-electron chi connectivity index (χ0n) is 15.1. The summed E-state index contributed by atoms with van der Waals surface area (Å²) in [5, 5.41) is 17.4. The number of fused-ring (bicyclic) bond motifs is 2. The Balaban J connectivity index is 2.00. The molecule has 3 heterocycles. The van der Waals surface area contributed by atoms with Crippen molar-refractivity contribution in [2.45, 2.75) is 38.0 Å². The van der Waals surface area contributed by atoms with E-state index in [-0.39, 0.29) is 5.91 Å². The van der Waals surface area contributed by atoms with Gasteiger partial charge in [0, 0.05) is 23.8 Å². The van der Waals surface area contributed by atoms with E-state index in [4.69, 9.17) is 0 Å². The predicted octanol–water partition coefficient (Wildman–Crippen LogP) is 3.26. The van der Waals surface area contributed by atoms with Gasteiger partial charge in [-0.15, -0.1) is 32.9 Å². The molecule has 3 aromatic rings. The van der Waals surface area contributed by atoms with Gasteiger partial charge in [0.05, 0.1) is 10.3 Å². The van der Waals surface area contributed by atoms with Gasteiger partial charge in [-0.2, -0.15) is 5.21 Å². The summed E-state index contributed by atoms with van der Waals surface area (Å²) in [6.07, 6.45) is 3.79. The smallest absolute Gasteiger partial charge is 0.263 e. The average Bonchev–Trinajstić information content (AvgIpc) is 3.37. The second kappa shape index (κ2) is 6.59. The molecule has 0 spiro atoms. The van der Waals surface area contributed by atoms with Crippen molar-refractivity contribution < 1.29 is 4.79 Å². The summed E-state index contributed by atoms with van der Waals surface area (Å²) in [5.74, 6) is 0.746. The van der Waals surface area contributed by atoms with Crippen LogP contribution in [0.4, 0.5) is 0 Å². The Hall–Kier alpha value is -2.06. The van der Waals surface area contributed by atoms with E-state index < -0.39 is 5.41 Å². The van der Waals surface area contributed by atoms with Gasteiger partial charge in [-0.25, -0.2) is 0 Å². The van der Waals surface area contributed by atoms with Crippen molar-refractivity contribution in [3.05, 3.63) is 49.1 Å². The number of tetrazole rings is 1. The van der Waals surface area contributed by atoms with Crippen LogP contribution < -0.4 is 0 Å². The highest BCUT2D eigenvalue weighted by Gasteiger charge is 2.45. The summed E-state index contributed by atoms with van der Waals surface area (Å²) < 4.78 is 0. The second-order valence-corrected chi connectivity index (χ2v) is 8.93. The van der Waals surface area contributed by atoms with Crippen LogP contribution in [0.3, 0.4) is 0 Å². The molecule has 6 nitrogen and oxygen atoms in total. The number of thiophene rings is 2. The molecular weight excluding hydrogens is 366 g/mol. The van der Waals surface area contributed by atoms with Crippen molar-refractivity contribution in [3.8, 4) is 0 Å². The molecule has 1 unspecified atom stereocenters. The van der Waals surface area contributed by atoms with E-state index in [1.165, 1.54) is 20.9 Å². The lowest BCUT2D eigenvalue weighted by molar-refractivity contribution is 0.0832. The van der Waals surface area contributed by atoms with Crippen molar-refractivity contribution in [2.24, 2.45) is 0 Å². The molecule has 1 N–H and O–H groups in total. The Morgan fingerprint density at radius 2 is 2.12 bits per heavy atom. The van der Waals surface area contributed by atoms with Gasteiger partial charge in [-0.1, -0.05) is 18.6 Å². The van der Waals surface area contributed by atoms with E-state index >= 15 is 0 Å². The molecule has 0 aliphatic heterocycles. The van der Waals surface area contributed by atoms with E-state index in [1.54, 1.807) is 41.7 Å². The molecule has 1 aliphatic carbocycles. The third-order valence-corrected chi connectivity index (χ3v) is 7.19. The van der Waals surface area contributed by atoms with Crippen LogP contribution in [0.5, 0.6) is 0 Å². The van der Waals surface area contributed by atoms with Crippen LogP contribution in [0.2, 0.25) is 0 Å². The maximum atomic E-state index is 12.6. The lowest BCUT2D eigenvalue weighted by atomic mass is 9.71. The third-order valence-electron chi connectivity index (χ3n) is 5.02. The first-order valence-electron chi connectivity index (χ1n) is 8.73. The summed E-state index contributed by atoms with van der Waals surface area (Å²) in [5.41, 5.74) is 2.00. The lowest BCUT2D eigenvalue weighted by Crippen LogP contribution is -2.31. The van der Waals surface area contributed by atoms with Gasteiger partial charge in [-0.3, -0.25) is 4.79 Å². The van der Waals surface area contributed by atoms with E-state index in [0.717, 1.165) is 30.6 Å². The molecule has 0 saturated carbocycles. The fourth-order valence-corrected chi connectivity index (χ4v) is 6.14. The highest BCUT2D eigenvalue weighted by atomic mass is 32.1. The molecule has 0 saturated heterocycles. The Bertz CT molecular complexity index is 927. The first-order chi connectivity index (χ1) is 12.6. The van der Waals surface area contributed by atoms with Gasteiger partial charge in [-0.05, 0) is 47.9 Å². The number of carbonyl (C=O) groups is 1. The van der Waals surface area contributed by atoms with Crippen LogP contribution in [0.25, 0.3) is 0 Å². The van der Waals surface area contributed by atoms with Crippen molar-refractivity contribution in [1.29, 1.82) is 0 Å². The molecule has 136 valence electrons. The number of amides is 1. The number of hydrogen-bond acceptors (Lipinski definition) is 6. The zero-order valence-corrected chi connectivity index (χ0v) is 16.7. The quantitative estimate of drug-likeness (QED) is 0.746. The largest absolute Gasteiger partial charge is 0.344 e. The van der Waals surface area contributed by atoms with Gasteiger partial charge >= 0.3 is 0 Å². The Morgan fingerprint density at radius 3 is 2.81 bits per heavy atom. The van der Waals surface area contributed by atoms with Crippen LogP contribution in [0, 0.1) is 0 Å². The Labute approximate surface area is 160 Å². The molecule has 0 fully saturated rings. The van der Waals surface area contributed by atoms with Crippen molar-refractivity contribution in [1.82, 2.24) is 25.5 Å². The molecule has 8 heteroatoms. The number of nitrogens with zero attached hydrogens (tertiary/aromatic N) is 4.